The molecule has 3 aromatic rings. The van der Waals surface area contributed by atoms with Gasteiger partial charge in [0.2, 0.25) is 0 Å². The lowest BCUT2D eigenvalue weighted by atomic mass is 9.74. The van der Waals surface area contributed by atoms with Gasteiger partial charge >= 0.3 is 0 Å². The van der Waals surface area contributed by atoms with Crippen molar-refractivity contribution in [2.75, 3.05) is 0 Å². The first-order chi connectivity index (χ1) is 18.7. The molecule has 3 aromatic carbocycles. The van der Waals surface area contributed by atoms with Crippen LogP contribution in [-0.2, 0) is 24.8 Å². The minimum atomic E-state index is -0.0729. The van der Waals surface area contributed by atoms with Crippen molar-refractivity contribution in [3.8, 4) is 0 Å². The highest BCUT2D eigenvalue weighted by molar-refractivity contribution is 5.91. The maximum absolute atomic E-state index is 4.24. The van der Waals surface area contributed by atoms with Gasteiger partial charge in [-0.25, -0.2) is 0 Å². The Hall–Kier alpha value is -3.84. The van der Waals surface area contributed by atoms with Gasteiger partial charge in [-0.1, -0.05) is 106 Å². The second-order valence-electron chi connectivity index (χ2n) is 11.7. The molecule has 0 aromatic heterocycles. The van der Waals surface area contributed by atoms with E-state index in [0.29, 0.717) is 0 Å². The molecule has 2 aliphatic rings. The SMILES string of the molecule is C=C1NCc2ccc(Cc3ccc(C(C)(C)C(=C/C)/C(C)=C\CCc4ccc5c(c4)C(=C)CC5=C)cc3)cc21. The molecule has 0 bridgehead atoms. The molecule has 0 spiro atoms. The van der Waals surface area contributed by atoms with Crippen molar-refractivity contribution in [2.45, 2.75) is 65.3 Å². The van der Waals surface area contributed by atoms with E-state index in [1.165, 1.54) is 66.8 Å². The summed E-state index contributed by atoms with van der Waals surface area (Å²) in [5, 5.41) is 3.35. The van der Waals surface area contributed by atoms with Crippen molar-refractivity contribution < 1.29 is 0 Å². The second-order valence-corrected chi connectivity index (χ2v) is 11.7. The van der Waals surface area contributed by atoms with Crippen LogP contribution in [-0.4, -0.2) is 0 Å². The number of hydrogen-bond donors (Lipinski definition) is 1. The van der Waals surface area contributed by atoms with E-state index >= 15 is 0 Å². The summed E-state index contributed by atoms with van der Waals surface area (Å²) in [6.45, 7) is 22.6. The average Bonchev–Trinajstić information content (AvgIpc) is 3.42. The molecule has 1 heterocycles. The zero-order valence-corrected chi connectivity index (χ0v) is 24.1. The Balaban J connectivity index is 1.25. The van der Waals surface area contributed by atoms with E-state index in [-0.39, 0.29) is 5.41 Å². The van der Waals surface area contributed by atoms with Crippen molar-refractivity contribution in [3.05, 3.63) is 148 Å². The summed E-state index contributed by atoms with van der Waals surface area (Å²) in [4.78, 5) is 0. The van der Waals surface area contributed by atoms with Crippen LogP contribution < -0.4 is 5.32 Å². The molecule has 1 aliphatic carbocycles. The smallest absolute Gasteiger partial charge is 0.0407 e. The molecule has 0 saturated carbocycles. The third-order valence-electron chi connectivity index (χ3n) is 8.62. The van der Waals surface area contributed by atoms with Gasteiger partial charge in [-0.15, -0.1) is 0 Å². The molecule has 1 heteroatoms. The molecule has 0 amide bonds. The molecule has 0 saturated heterocycles. The fourth-order valence-corrected chi connectivity index (χ4v) is 6.34. The fraction of sp³-hybridized carbons (Fsp3) is 0.263. The summed E-state index contributed by atoms with van der Waals surface area (Å²) >= 11 is 0. The minimum absolute atomic E-state index is 0.0729. The summed E-state index contributed by atoms with van der Waals surface area (Å²) < 4.78 is 0. The Labute approximate surface area is 235 Å². The van der Waals surface area contributed by atoms with Crippen molar-refractivity contribution >= 4 is 16.8 Å². The van der Waals surface area contributed by atoms with Crippen molar-refractivity contribution in [1.29, 1.82) is 0 Å². The summed E-state index contributed by atoms with van der Waals surface area (Å²) in [6, 6.07) is 22.8. The molecule has 0 atom stereocenters. The number of hydrogen-bond acceptors (Lipinski definition) is 1. The summed E-state index contributed by atoms with van der Waals surface area (Å²) in [7, 11) is 0. The normalized spacial score (nSPS) is 15.4. The van der Waals surface area contributed by atoms with Gasteiger partial charge < -0.3 is 5.32 Å². The molecule has 1 nitrogen and oxygen atoms in total. The topological polar surface area (TPSA) is 12.0 Å². The van der Waals surface area contributed by atoms with Crippen LogP contribution >= 0.6 is 0 Å². The van der Waals surface area contributed by atoms with Crippen LogP contribution in [0.3, 0.4) is 0 Å². The molecule has 1 N–H and O–H groups in total. The number of aryl methyl sites for hydroxylation is 1. The first kappa shape index (κ1) is 26.8. The zero-order chi connectivity index (χ0) is 27.7. The van der Waals surface area contributed by atoms with Crippen LogP contribution in [0.5, 0.6) is 0 Å². The largest absolute Gasteiger partial charge is 0.381 e. The van der Waals surface area contributed by atoms with Crippen LogP contribution in [0.15, 0.2) is 104 Å². The predicted octanol–water partition coefficient (Wildman–Crippen LogP) is 9.58. The van der Waals surface area contributed by atoms with E-state index < -0.39 is 0 Å². The number of fused-ring (bicyclic) bond motifs is 2. The molecule has 1 aliphatic heterocycles. The van der Waals surface area contributed by atoms with E-state index in [9.17, 15) is 0 Å². The van der Waals surface area contributed by atoms with Crippen LogP contribution in [0.25, 0.3) is 16.8 Å². The maximum Gasteiger partial charge on any atom is 0.0407 e. The molecule has 0 fully saturated rings. The van der Waals surface area contributed by atoms with Gasteiger partial charge in [-0.3, -0.25) is 0 Å². The Bertz CT molecular complexity index is 1520. The number of benzene rings is 3. The molecule has 0 unspecified atom stereocenters. The highest BCUT2D eigenvalue weighted by atomic mass is 14.9. The zero-order valence-electron chi connectivity index (χ0n) is 24.1. The molecule has 0 radical (unpaired) electrons. The summed E-state index contributed by atoms with van der Waals surface area (Å²) in [5.41, 5.74) is 16.6. The quantitative estimate of drug-likeness (QED) is 0.297. The lowest BCUT2D eigenvalue weighted by molar-refractivity contribution is 0.628. The maximum atomic E-state index is 4.24. The van der Waals surface area contributed by atoms with Crippen LogP contribution in [0.1, 0.15) is 85.0 Å². The van der Waals surface area contributed by atoms with Crippen LogP contribution in [0, 0.1) is 0 Å². The third kappa shape index (κ3) is 5.36. The van der Waals surface area contributed by atoms with Gasteiger partial charge in [0.25, 0.3) is 0 Å². The Kier molecular flexibility index (Phi) is 7.36. The summed E-state index contributed by atoms with van der Waals surface area (Å²) in [6.07, 6.45) is 8.58. The fourth-order valence-electron chi connectivity index (χ4n) is 6.34. The monoisotopic (exact) mass is 511 g/mol. The van der Waals surface area contributed by atoms with Gasteiger partial charge in [0.1, 0.15) is 0 Å². The Morgan fingerprint density at radius 1 is 0.846 bits per heavy atom. The van der Waals surface area contributed by atoms with E-state index in [0.717, 1.165) is 37.9 Å². The van der Waals surface area contributed by atoms with Crippen molar-refractivity contribution in [1.82, 2.24) is 5.32 Å². The number of nitrogens with one attached hydrogen (secondary N) is 1. The lowest BCUT2D eigenvalue weighted by Crippen LogP contribution is -2.21. The van der Waals surface area contributed by atoms with Crippen LogP contribution in [0.2, 0.25) is 0 Å². The first-order valence-electron chi connectivity index (χ1n) is 14.1. The van der Waals surface area contributed by atoms with Gasteiger partial charge in [0, 0.05) is 23.2 Å². The van der Waals surface area contributed by atoms with Gasteiger partial charge in [0.15, 0.2) is 0 Å². The van der Waals surface area contributed by atoms with Gasteiger partial charge in [-0.2, -0.15) is 0 Å². The van der Waals surface area contributed by atoms with Gasteiger partial charge in [0.05, 0.1) is 0 Å². The third-order valence-corrected chi connectivity index (χ3v) is 8.62. The molecular formula is C38H41N. The Morgan fingerprint density at radius 3 is 2.26 bits per heavy atom. The number of allylic oxidation sites excluding steroid dienone is 6. The van der Waals surface area contributed by atoms with E-state index in [1.54, 1.807) is 0 Å². The second kappa shape index (κ2) is 10.7. The Morgan fingerprint density at radius 2 is 1.51 bits per heavy atom. The molecular weight excluding hydrogens is 470 g/mol. The standard InChI is InChI=1S/C38H41N/c1-8-37(25(2)10-9-11-29-15-19-34-26(3)20-27(4)35(34)22-29)38(6,7)33-17-13-30(14-18-33)21-31-12-16-32-24-39-28(5)36(32)23-31/h8,10,12-19,22-23,39H,3-5,9,11,20-21,24H2,1-2,6-7H3/b25-10-,37-8+. The predicted molar refractivity (Wildman–Crippen MR) is 170 cm³/mol. The molecule has 198 valence electrons. The first-order valence-corrected chi connectivity index (χ1v) is 14.1. The van der Waals surface area contributed by atoms with Crippen LogP contribution in [0.4, 0.5) is 0 Å². The van der Waals surface area contributed by atoms with Gasteiger partial charge in [-0.05, 0) is 101 Å². The summed E-state index contributed by atoms with van der Waals surface area (Å²) in [5.74, 6) is 0. The van der Waals surface area contributed by atoms with Crippen molar-refractivity contribution in [3.63, 3.8) is 0 Å². The van der Waals surface area contributed by atoms with E-state index in [2.05, 4.69) is 126 Å². The minimum Gasteiger partial charge on any atom is -0.381 e. The van der Waals surface area contributed by atoms with E-state index in [1.807, 2.05) is 0 Å². The molecule has 39 heavy (non-hydrogen) atoms. The molecule has 5 rings (SSSR count). The van der Waals surface area contributed by atoms with E-state index in [4.69, 9.17) is 0 Å². The van der Waals surface area contributed by atoms with Crippen molar-refractivity contribution in [2.24, 2.45) is 0 Å². The lowest BCUT2D eigenvalue weighted by Gasteiger charge is -2.30. The average molecular weight is 512 g/mol. The highest BCUT2D eigenvalue weighted by Gasteiger charge is 2.26. The number of rotatable bonds is 8. The highest BCUT2D eigenvalue weighted by Crippen LogP contribution is 2.39.